The lowest BCUT2D eigenvalue weighted by Gasteiger charge is -2.34. The first-order valence-electron chi connectivity index (χ1n) is 4.89. The van der Waals surface area contributed by atoms with Crippen LogP contribution in [-0.4, -0.2) is 14.1 Å². The van der Waals surface area contributed by atoms with Crippen LogP contribution in [-0.2, 0) is 4.79 Å². The first-order valence-corrected chi connectivity index (χ1v) is 8.72. The number of para-hydroxylation sites is 1. The summed E-state index contributed by atoms with van der Waals surface area (Å²) in [4.78, 5) is 11.6. The average molecular weight is 242 g/mol. The molecule has 0 atom stereocenters. The Hall–Kier alpha value is -0.803. The molecule has 0 aliphatic carbocycles. The van der Waals surface area contributed by atoms with Gasteiger partial charge in [-0.05, 0) is 12.1 Å². The Kier molecular flexibility index (Phi) is 3.57. The second-order valence-electron chi connectivity index (χ2n) is 4.48. The maximum Gasteiger partial charge on any atom is 0.215 e. The first-order chi connectivity index (χ1) is 6.84. The summed E-state index contributed by atoms with van der Waals surface area (Å²) in [6.45, 7) is 7.95. The highest BCUT2D eigenvalue weighted by molar-refractivity contribution is 6.83. The summed E-state index contributed by atoms with van der Waals surface area (Å²) in [6, 6.07) is 7.47. The van der Waals surface area contributed by atoms with E-state index in [-0.39, 0.29) is 5.91 Å². The summed E-state index contributed by atoms with van der Waals surface area (Å²) in [5.41, 5.74) is 0.825. The second kappa shape index (κ2) is 4.37. The van der Waals surface area contributed by atoms with E-state index in [1.807, 2.05) is 28.8 Å². The highest BCUT2D eigenvalue weighted by atomic mass is 35.5. The SMILES string of the molecule is CC(=O)N(c1ccccc1Cl)[Si](C)(C)C. The summed E-state index contributed by atoms with van der Waals surface area (Å²) >= 11 is 6.10. The Morgan fingerprint density at radius 2 is 1.80 bits per heavy atom. The monoisotopic (exact) mass is 241 g/mol. The molecule has 82 valence electrons. The zero-order chi connectivity index (χ0) is 11.6. The van der Waals surface area contributed by atoms with Crippen LogP contribution >= 0.6 is 11.6 Å². The molecule has 4 heteroatoms. The van der Waals surface area contributed by atoms with Gasteiger partial charge in [0.2, 0.25) is 5.91 Å². The summed E-state index contributed by atoms with van der Waals surface area (Å²) in [5, 5.41) is 0.634. The maximum atomic E-state index is 11.6. The summed E-state index contributed by atoms with van der Waals surface area (Å²) in [7, 11) is -1.72. The molecular weight excluding hydrogens is 226 g/mol. The normalized spacial score (nSPS) is 11.3. The summed E-state index contributed by atoms with van der Waals surface area (Å²) in [6.07, 6.45) is 0. The fourth-order valence-corrected chi connectivity index (χ4v) is 3.79. The molecule has 0 heterocycles. The lowest BCUT2D eigenvalue weighted by Crippen LogP contribution is -2.49. The highest BCUT2D eigenvalue weighted by Crippen LogP contribution is 2.29. The van der Waals surface area contributed by atoms with E-state index in [4.69, 9.17) is 11.6 Å². The van der Waals surface area contributed by atoms with E-state index in [0.717, 1.165) is 5.69 Å². The van der Waals surface area contributed by atoms with Crippen molar-refractivity contribution in [2.45, 2.75) is 26.6 Å². The van der Waals surface area contributed by atoms with Gasteiger partial charge in [0.15, 0.2) is 8.24 Å². The molecule has 0 bridgehead atoms. The summed E-state index contributed by atoms with van der Waals surface area (Å²) in [5.74, 6) is 0.0577. The molecule has 0 unspecified atom stereocenters. The van der Waals surface area contributed by atoms with E-state index in [0.29, 0.717) is 5.02 Å². The fraction of sp³-hybridized carbons (Fsp3) is 0.364. The van der Waals surface area contributed by atoms with Crippen molar-refractivity contribution in [2.75, 3.05) is 4.57 Å². The summed E-state index contributed by atoms with van der Waals surface area (Å²) < 4.78 is 1.84. The van der Waals surface area contributed by atoms with Gasteiger partial charge < -0.3 is 4.57 Å². The van der Waals surface area contributed by atoms with Crippen LogP contribution in [0.3, 0.4) is 0 Å². The Morgan fingerprint density at radius 3 is 2.20 bits per heavy atom. The molecular formula is C11H16ClNOSi. The maximum absolute atomic E-state index is 11.6. The van der Waals surface area contributed by atoms with E-state index < -0.39 is 8.24 Å². The molecule has 0 radical (unpaired) electrons. The quantitative estimate of drug-likeness (QED) is 0.726. The predicted molar refractivity (Wildman–Crippen MR) is 68.0 cm³/mol. The van der Waals surface area contributed by atoms with E-state index in [1.165, 1.54) is 0 Å². The molecule has 0 saturated heterocycles. The molecule has 1 rings (SSSR count). The number of hydrogen-bond donors (Lipinski definition) is 0. The van der Waals surface area contributed by atoms with Crippen molar-refractivity contribution in [2.24, 2.45) is 0 Å². The smallest absolute Gasteiger partial charge is 0.215 e. The molecule has 1 aromatic carbocycles. The van der Waals surface area contributed by atoms with Crippen molar-refractivity contribution in [3.05, 3.63) is 29.3 Å². The number of halogens is 1. The number of carbonyl (C=O) groups is 1. The number of benzene rings is 1. The number of hydrogen-bond acceptors (Lipinski definition) is 1. The Bertz CT molecular complexity index is 373. The predicted octanol–water partition coefficient (Wildman–Crippen LogP) is 3.53. The van der Waals surface area contributed by atoms with Crippen LogP contribution in [0.25, 0.3) is 0 Å². The van der Waals surface area contributed by atoms with Gasteiger partial charge in [-0.1, -0.05) is 43.4 Å². The van der Waals surface area contributed by atoms with Crippen LogP contribution in [0, 0.1) is 0 Å². The molecule has 1 aromatic rings. The van der Waals surface area contributed by atoms with Crippen molar-refractivity contribution in [3.63, 3.8) is 0 Å². The third kappa shape index (κ3) is 2.83. The number of carbonyl (C=O) groups excluding carboxylic acids is 1. The van der Waals surface area contributed by atoms with E-state index in [1.54, 1.807) is 6.92 Å². The molecule has 0 saturated carbocycles. The van der Waals surface area contributed by atoms with Crippen LogP contribution in [0.5, 0.6) is 0 Å². The minimum atomic E-state index is -1.72. The fourth-order valence-electron chi connectivity index (χ4n) is 1.64. The lowest BCUT2D eigenvalue weighted by molar-refractivity contribution is -0.115. The third-order valence-corrected chi connectivity index (χ3v) is 4.30. The highest BCUT2D eigenvalue weighted by Gasteiger charge is 2.28. The van der Waals surface area contributed by atoms with Crippen LogP contribution in [0.4, 0.5) is 5.69 Å². The Balaban J connectivity index is 3.23. The van der Waals surface area contributed by atoms with Gasteiger partial charge in [0.05, 0.1) is 10.7 Å². The van der Waals surface area contributed by atoms with Crippen molar-refractivity contribution in [3.8, 4) is 0 Å². The Labute approximate surface area is 96.9 Å². The van der Waals surface area contributed by atoms with Gasteiger partial charge in [0.1, 0.15) is 0 Å². The van der Waals surface area contributed by atoms with E-state index in [9.17, 15) is 4.79 Å². The van der Waals surface area contributed by atoms with Gasteiger partial charge in [-0.2, -0.15) is 0 Å². The van der Waals surface area contributed by atoms with Gasteiger partial charge in [-0.15, -0.1) is 0 Å². The third-order valence-electron chi connectivity index (χ3n) is 2.08. The van der Waals surface area contributed by atoms with E-state index >= 15 is 0 Å². The molecule has 2 nitrogen and oxygen atoms in total. The van der Waals surface area contributed by atoms with Gasteiger partial charge in [-0.3, -0.25) is 4.79 Å². The average Bonchev–Trinajstić information content (AvgIpc) is 2.05. The molecule has 0 spiro atoms. The largest absolute Gasteiger partial charge is 0.340 e. The van der Waals surface area contributed by atoms with Gasteiger partial charge in [-0.25, -0.2) is 0 Å². The topological polar surface area (TPSA) is 20.3 Å². The van der Waals surface area contributed by atoms with Crippen molar-refractivity contribution >= 4 is 31.4 Å². The minimum absolute atomic E-state index is 0.0577. The molecule has 0 aromatic heterocycles. The zero-order valence-electron chi connectivity index (χ0n) is 9.54. The molecule has 0 aliphatic heterocycles. The van der Waals surface area contributed by atoms with Crippen molar-refractivity contribution in [1.29, 1.82) is 0 Å². The van der Waals surface area contributed by atoms with Crippen molar-refractivity contribution < 1.29 is 4.79 Å². The minimum Gasteiger partial charge on any atom is -0.340 e. The van der Waals surface area contributed by atoms with E-state index in [2.05, 4.69) is 19.6 Å². The number of amides is 1. The molecule has 15 heavy (non-hydrogen) atoms. The Morgan fingerprint density at radius 1 is 1.27 bits per heavy atom. The van der Waals surface area contributed by atoms with Crippen LogP contribution in [0.2, 0.25) is 24.7 Å². The molecule has 0 aliphatic rings. The first kappa shape index (κ1) is 12.3. The van der Waals surface area contributed by atoms with Crippen LogP contribution < -0.4 is 4.57 Å². The number of nitrogens with zero attached hydrogens (tertiary/aromatic N) is 1. The lowest BCUT2D eigenvalue weighted by atomic mass is 10.3. The number of rotatable bonds is 2. The molecule has 0 N–H and O–H groups in total. The molecule has 0 fully saturated rings. The molecule has 1 amide bonds. The van der Waals surface area contributed by atoms with Crippen LogP contribution in [0.1, 0.15) is 6.92 Å². The number of anilines is 1. The van der Waals surface area contributed by atoms with Crippen molar-refractivity contribution in [1.82, 2.24) is 0 Å². The zero-order valence-corrected chi connectivity index (χ0v) is 11.3. The van der Waals surface area contributed by atoms with Gasteiger partial charge in [0, 0.05) is 6.92 Å². The van der Waals surface area contributed by atoms with Gasteiger partial charge in [0.25, 0.3) is 0 Å². The second-order valence-corrected chi connectivity index (χ2v) is 9.67. The van der Waals surface area contributed by atoms with Crippen LogP contribution in [0.15, 0.2) is 24.3 Å². The van der Waals surface area contributed by atoms with Gasteiger partial charge >= 0.3 is 0 Å². The standard InChI is InChI=1S/C11H16ClNOSi/c1-9(14)13(15(2,3)4)11-8-6-5-7-10(11)12/h5-8H,1-4H3.